The van der Waals surface area contributed by atoms with Crippen LogP contribution < -0.4 is 14.9 Å². The molecule has 0 aliphatic carbocycles. The van der Waals surface area contributed by atoms with Crippen molar-refractivity contribution >= 4 is 34.5 Å². The molecular formula is C30H44FN3O2S. The average Bonchev–Trinajstić information content (AvgIpc) is 3.35. The molecule has 3 aromatic rings. The summed E-state index contributed by atoms with van der Waals surface area (Å²) >= 11 is 1.58. The number of hydrogen-bond donors (Lipinski definition) is 2. The van der Waals surface area contributed by atoms with Gasteiger partial charge in [-0.3, -0.25) is 4.79 Å². The summed E-state index contributed by atoms with van der Waals surface area (Å²) in [5, 5.41) is 6.66. The van der Waals surface area contributed by atoms with Gasteiger partial charge in [0.15, 0.2) is 0 Å². The molecule has 7 heteroatoms. The van der Waals surface area contributed by atoms with E-state index in [9.17, 15) is 9.18 Å². The zero-order valence-electron chi connectivity index (χ0n) is 23.5. The summed E-state index contributed by atoms with van der Waals surface area (Å²) in [6.45, 7) is 10.8. The summed E-state index contributed by atoms with van der Waals surface area (Å²) < 4.78 is 21.2. The monoisotopic (exact) mass is 529 g/mol. The van der Waals surface area contributed by atoms with E-state index in [-0.39, 0.29) is 11.7 Å². The SMILES string of the molecule is C#C.C1CCNCC1.CC.CCC.CNC(=O)c1c(-c2ccc(F)cc2)oc2cc(N(C)SC)ccc12. The summed E-state index contributed by atoms with van der Waals surface area (Å²) in [4.78, 5) is 12.4. The van der Waals surface area contributed by atoms with Gasteiger partial charge in [0.05, 0.1) is 11.3 Å². The number of piperidine rings is 1. The minimum Gasteiger partial charge on any atom is -0.455 e. The maximum Gasteiger partial charge on any atom is 0.255 e. The molecule has 2 aromatic carbocycles. The number of nitrogens with one attached hydrogen (secondary N) is 2. The average molecular weight is 530 g/mol. The van der Waals surface area contributed by atoms with Crippen molar-refractivity contribution < 1.29 is 13.6 Å². The fraction of sp³-hybridized carbons (Fsp3) is 0.433. The van der Waals surface area contributed by atoms with Crippen LogP contribution in [0.5, 0.6) is 0 Å². The molecule has 0 spiro atoms. The Kier molecular flexibility index (Phi) is 18.5. The van der Waals surface area contributed by atoms with Crippen LogP contribution in [0.1, 0.15) is 63.7 Å². The first kappa shape index (κ1) is 34.0. The van der Waals surface area contributed by atoms with E-state index in [1.807, 2.05) is 49.7 Å². The van der Waals surface area contributed by atoms with Gasteiger partial charge < -0.3 is 19.4 Å². The van der Waals surface area contributed by atoms with Gasteiger partial charge in [-0.05, 0) is 62.3 Å². The number of amides is 1. The van der Waals surface area contributed by atoms with E-state index in [4.69, 9.17) is 4.42 Å². The molecule has 0 radical (unpaired) electrons. The van der Waals surface area contributed by atoms with Crippen molar-refractivity contribution in [1.82, 2.24) is 10.6 Å². The molecular weight excluding hydrogens is 485 g/mol. The second kappa shape index (κ2) is 20.1. The number of nitrogens with zero attached hydrogens (tertiary/aromatic N) is 1. The van der Waals surface area contributed by atoms with Gasteiger partial charge in [0, 0.05) is 37.4 Å². The molecule has 2 N–H and O–H groups in total. The Morgan fingerprint density at radius 2 is 1.65 bits per heavy atom. The van der Waals surface area contributed by atoms with Crippen molar-refractivity contribution in [2.45, 2.75) is 53.4 Å². The third kappa shape index (κ3) is 10.9. The molecule has 2 heterocycles. The Labute approximate surface area is 227 Å². The molecule has 4 rings (SSSR count). The van der Waals surface area contributed by atoms with E-state index in [0.717, 1.165) is 11.1 Å². The van der Waals surface area contributed by atoms with Crippen molar-refractivity contribution in [3.63, 3.8) is 0 Å². The van der Waals surface area contributed by atoms with Crippen molar-refractivity contribution in [3.8, 4) is 24.2 Å². The first-order valence-corrected chi connectivity index (χ1v) is 14.0. The highest BCUT2D eigenvalue weighted by atomic mass is 32.2. The van der Waals surface area contributed by atoms with E-state index in [0.29, 0.717) is 22.5 Å². The van der Waals surface area contributed by atoms with Gasteiger partial charge in [0.1, 0.15) is 17.2 Å². The number of carbonyl (C=O) groups excluding carboxylic acids is 1. The number of hydrogen-bond acceptors (Lipinski definition) is 5. The summed E-state index contributed by atoms with van der Waals surface area (Å²) in [7, 11) is 3.53. The van der Waals surface area contributed by atoms with Crippen LogP contribution in [0.3, 0.4) is 0 Å². The molecule has 0 bridgehead atoms. The van der Waals surface area contributed by atoms with Gasteiger partial charge in [-0.1, -0.05) is 52.5 Å². The fourth-order valence-corrected chi connectivity index (χ4v) is 3.67. The van der Waals surface area contributed by atoms with Gasteiger partial charge in [0.25, 0.3) is 5.91 Å². The van der Waals surface area contributed by atoms with Crippen LogP contribution >= 0.6 is 11.9 Å². The third-order valence-electron chi connectivity index (χ3n) is 5.08. The van der Waals surface area contributed by atoms with Crippen LogP contribution in [0.25, 0.3) is 22.3 Å². The second-order valence-corrected chi connectivity index (χ2v) is 8.68. The van der Waals surface area contributed by atoms with Gasteiger partial charge in [-0.25, -0.2) is 4.39 Å². The predicted molar refractivity (Wildman–Crippen MR) is 161 cm³/mol. The topological polar surface area (TPSA) is 57.5 Å². The van der Waals surface area contributed by atoms with Gasteiger partial charge in [-0.15, -0.1) is 12.8 Å². The maximum absolute atomic E-state index is 13.2. The highest BCUT2D eigenvalue weighted by Gasteiger charge is 2.22. The Morgan fingerprint density at radius 1 is 1.08 bits per heavy atom. The predicted octanol–water partition coefficient (Wildman–Crippen LogP) is 7.76. The summed E-state index contributed by atoms with van der Waals surface area (Å²) in [5.41, 5.74) is 2.70. The molecule has 1 saturated heterocycles. The molecule has 37 heavy (non-hydrogen) atoms. The Morgan fingerprint density at radius 3 is 2.08 bits per heavy atom. The first-order chi connectivity index (χ1) is 18.0. The van der Waals surface area contributed by atoms with Crippen molar-refractivity contribution in [3.05, 3.63) is 53.8 Å². The minimum atomic E-state index is -0.333. The molecule has 5 nitrogen and oxygen atoms in total. The zero-order valence-corrected chi connectivity index (χ0v) is 24.3. The molecule has 1 amide bonds. The molecule has 1 aliphatic rings. The lowest BCUT2D eigenvalue weighted by atomic mass is 10.0. The normalized spacial score (nSPS) is 11.6. The van der Waals surface area contributed by atoms with Crippen molar-refractivity contribution in [1.29, 1.82) is 0 Å². The van der Waals surface area contributed by atoms with E-state index < -0.39 is 0 Å². The highest BCUT2D eigenvalue weighted by molar-refractivity contribution is 7.99. The Balaban J connectivity index is 0.000000831. The quantitative estimate of drug-likeness (QED) is 0.267. The van der Waals surface area contributed by atoms with Crippen LogP contribution in [0.2, 0.25) is 0 Å². The standard InChI is InChI=1S/C18H17FN2O2S.C5H11N.C3H8.C2H6.C2H2/c1-20-18(22)16-14-9-8-13(21(2)24-3)10-15(14)23-17(16)11-4-6-12(19)7-5-11;1-2-4-6-5-3-1;1-3-2;2*1-2/h4-10H,1-3H3,(H,20,22);6H,1-5H2;3H2,1-2H3;1-2H3;1-2H. The number of rotatable bonds is 4. The number of benzene rings is 2. The third-order valence-corrected chi connectivity index (χ3v) is 5.84. The van der Waals surface area contributed by atoms with Crippen LogP contribution in [0, 0.1) is 18.7 Å². The van der Waals surface area contributed by atoms with Crippen LogP contribution in [-0.4, -0.2) is 39.3 Å². The first-order valence-electron chi connectivity index (χ1n) is 12.8. The molecule has 1 fully saturated rings. The van der Waals surface area contributed by atoms with E-state index in [2.05, 4.69) is 37.3 Å². The lowest BCUT2D eigenvalue weighted by Crippen LogP contribution is -2.21. The minimum absolute atomic E-state index is 0.237. The number of carbonyl (C=O) groups is 1. The van der Waals surface area contributed by atoms with E-state index in [1.165, 1.54) is 50.9 Å². The molecule has 204 valence electrons. The lowest BCUT2D eigenvalue weighted by molar-refractivity contribution is 0.0964. The molecule has 1 aliphatic heterocycles. The fourth-order valence-electron chi connectivity index (χ4n) is 3.34. The van der Waals surface area contributed by atoms with Gasteiger partial charge in [0.2, 0.25) is 0 Å². The van der Waals surface area contributed by atoms with Crippen LogP contribution in [0.15, 0.2) is 46.9 Å². The summed E-state index contributed by atoms with van der Waals surface area (Å²) in [6, 6.07) is 11.6. The number of fused-ring (bicyclic) bond motifs is 1. The van der Waals surface area contributed by atoms with Crippen LogP contribution in [0.4, 0.5) is 10.1 Å². The Bertz CT molecular complexity index is 1030. The second-order valence-electron chi connectivity index (χ2n) is 7.77. The zero-order chi connectivity index (χ0) is 28.2. The molecule has 1 aromatic heterocycles. The largest absolute Gasteiger partial charge is 0.455 e. The number of halogens is 1. The summed E-state index contributed by atoms with van der Waals surface area (Å²) in [6.07, 6.45) is 15.4. The maximum atomic E-state index is 13.2. The number of anilines is 1. The van der Waals surface area contributed by atoms with Crippen LogP contribution in [-0.2, 0) is 0 Å². The summed E-state index contributed by atoms with van der Waals surface area (Å²) in [5.74, 6) is -0.132. The smallest absolute Gasteiger partial charge is 0.255 e. The van der Waals surface area contributed by atoms with Crippen molar-refractivity contribution in [2.75, 3.05) is 37.7 Å². The molecule has 0 saturated carbocycles. The van der Waals surface area contributed by atoms with Crippen molar-refractivity contribution in [2.24, 2.45) is 0 Å². The molecule has 0 unspecified atom stereocenters. The highest BCUT2D eigenvalue weighted by Crippen LogP contribution is 2.36. The molecule has 0 atom stereocenters. The number of furan rings is 1. The lowest BCUT2D eigenvalue weighted by Gasteiger charge is -2.14. The number of terminal acetylenes is 1. The Hall–Kier alpha value is -2.95. The van der Waals surface area contributed by atoms with E-state index in [1.54, 1.807) is 31.1 Å². The van der Waals surface area contributed by atoms with Gasteiger partial charge in [-0.2, -0.15) is 0 Å². The van der Waals surface area contributed by atoms with Gasteiger partial charge >= 0.3 is 0 Å². The van der Waals surface area contributed by atoms with E-state index >= 15 is 0 Å².